The molecule has 0 amide bonds. The zero-order valence-electron chi connectivity index (χ0n) is 7.07. The summed E-state index contributed by atoms with van der Waals surface area (Å²) in [6.07, 6.45) is 1.77. The van der Waals surface area contributed by atoms with Crippen molar-refractivity contribution in [2.75, 3.05) is 5.73 Å². The average Bonchev–Trinajstić information content (AvgIpc) is 2.19. The lowest BCUT2D eigenvalue weighted by Gasteiger charge is -1.99. The lowest BCUT2D eigenvalue weighted by molar-refractivity contribution is 1.33. The van der Waals surface area contributed by atoms with Gasteiger partial charge in [-0.05, 0) is 18.2 Å². The summed E-state index contributed by atoms with van der Waals surface area (Å²) in [5.41, 5.74) is 8.21. The van der Waals surface area contributed by atoms with Crippen molar-refractivity contribution < 1.29 is 0 Å². The van der Waals surface area contributed by atoms with Crippen LogP contribution in [0, 0.1) is 6.07 Å². The van der Waals surface area contributed by atoms with Crippen LogP contribution in [0.1, 0.15) is 0 Å². The van der Waals surface area contributed by atoms with Crippen LogP contribution in [0.15, 0.2) is 42.6 Å². The highest BCUT2D eigenvalue weighted by atomic mass is 14.7. The molecule has 0 aliphatic carbocycles. The van der Waals surface area contributed by atoms with Gasteiger partial charge in [0.2, 0.25) is 0 Å². The molecule has 0 bridgehead atoms. The molecule has 2 N–H and O–H groups in total. The van der Waals surface area contributed by atoms with Gasteiger partial charge < -0.3 is 5.73 Å². The van der Waals surface area contributed by atoms with Gasteiger partial charge in [0.25, 0.3) is 0 Å². The third-order valence-corrected chi connectivity index (χ3v) is 1.78. The van der Waals surface area contributed by atoms with Gasteiger partial charge in [0.15, 0.2) is 0 Å². The van der Waals surface area contributed by atoms with Crippen molar-refractivity contribution in [3.8, 4) is 11.3 Å². The van der Waals surface area contributed by atoms with E-state index in [1.807, 2.05) is 30.3 Å². The smallest absolute Gasteiger partial charge is 0.0702 e. The van der Waals surface area contributed by atoms with Crippen LogP contribution in [-0.4, -0.2) is 4.98 Å². The van der Waals surface area contributed by atoms with Gasteiger partial charge in [0.1, 0.15) is 0 Å². The highest BCUT2D eigenvalue weighted by molar-refractivity contribution is 5.63. The maximum atomic E-state index is 5.61. The van der Waals surface area contributed by atoms with Gasteiger partial charge in [-0.25, -0.2) is 0 Å². The molecule has 13 heavy (non-hydrogen) atoms. The van der Waals surface area contributed by atoms with Gasteiger partial charge in [-0.3, -0.25) is 4.98 Å². The van der Waals surface area contributed by atoms with Crippen LogP contribution in [0.5, 0.6) is 0 Å². The van der Waals surface area contributed by atoms with E-state index in [4.69, 9.17) is 5.73 Å². The van der Waals surface area contributed by atoms with Crippen LogP contribution in [0.25, 0.3) is 11.3 Å². The topological polar surface area (TPSA) is 38.9 Å². The quantitative estimate of drug-likeness (QED) is 0.664. The largest absolute Gasteiger partial charge is 0.398 e. The van der Waals surface area contributed by atoms with Gasteiger partial charge in [-0.2, -0.15) is 0 Å². The van der Waals surface area contributed by atoms with E-state index in [-0.39, 0.29) is 0 Å². The van der Waals surface area contributed by atoms with Crippen LogP contribution in [0.3, 0.4) is 0 Å². The highest BCUT2D eigenvalue weighted by Crippen LogP contribution is 2.17. The number of nitrogen functional groups attached to an aromatic ring is 1. The van der Waals surface area contributed by atoms with Crippen molar-refractivity contribution in [2.24, 2.45) is 0 Å². The summed E-state index contributed by atoms with van der Waals surface area (Å²) in [4.78, 5) is 4.22. The number of nitrogens with two attached hydrogens (primary N) is 1. The molecule has 1 radical (unpaired) electrons. The number of pyridine rings is 1. The van der Waals surface area contributed by atoms with E-state index in [9.17, 15) is 0 Å². The molecule has 2 aromatic rings. The van der Waals surface area contributed by atoms with Gasteiger partial charge in [-0.15, -0.1) is 0 Å². The first-order valence-corrected chi connectivity index (χ1v) is 4.05. The predicted octanol–water partition coefficient (Wildman–Crippen LogP) is 2.13. The maximum absolute atomic E-state index is 5.61. The average molecular weight is 169 g/mol. The van der Waals surface area contributed by atoms with E-state index in [1.165, 1.54) is 0 Å². The molecule has 1 aromatic carbocycles. The fourth-order valence-electron chi connectivity index (χ4n) is 1.18. The lowest BCUT2D eigenvalue weighted by atomic mass is 10.1. The number of rotatable bonds is 1. The molecule has 2 heteroatoms. The van der Waals surface area contributed by atoms with Gasteiger partial charge in [0, 0.05) is 23.5 Å². The summed E-state index contributed by atoms with van der Waals surface area (Å²) in [5, 5.41) is 0. The van der Waals surface area contributed by atoms with E-state index in [2.05, 4.69) is 11.1 Å². The van der Waals surface area contributed by atoms with Gasteiger partial charge in [0.05, 0.1) is 5.69 Å². The van der Waals surface area contributed by atoms with E-state index < -0.39 is 0 Å². The number of hydrogen-bond acceptors (Lipinski definition) is 2. The third kappa shape index (κ3) is 1.67. The van der Waals surface area contributed by atoms with Crippen molar-refractivity contribution in [1.82, 2.24) is 4.98 Å². The zero-order valence-corrected chi connectivity index (χ0v) is 7.07. The molecule has 0 aliphatic rings. The summed E-state index contributed by atoms with van der Waals surface area (Å²) in [6.45, 7) is 0. The monoisotopic (exact) mass is 169 g/mol. The first kappa shape index (κ1) is 7.80. The lowest BCUT2D eigenvalue weighted by Crippen LogP contribution is -1.86. The Bertz CT molecular complexity index is 396. The van der Waals surface area contributed by atoms with Crippen molar-refractivity contribution >= 4 is 5.69 Å². The van der Waals surface area contributed by atoms with Crippen molar-refractivity contribution in [3.05, 3.63) is 48.7 Å². The van der Waals surface area contributed by atoms with Crippen LogP contribution in [-0.2, 0) is 0 Å². The predicted molar refractivity (Wildman–Crippen MR) is 52.9 cm³/mol. The molecule has 0 unspecified atom stereocenters. The van der Waals surface area contributed by atoms with E-state index in [0.29, 0.717) is 5.69 Å². The Balaban J connectivity index is 2.48. The number of aromatic nitrogens is 1. The van der Waals surface area contributed by atoms with E-state index >= 15 is 0 Å². The number of benzene rings is 1. The molecular formula is C11H9N2. The Morgan fingerprint density at radius 2 is 2.15 bits per heavy atom. The number of anilines is 1. The Morgan fingerprint density at radius 3 is 2.85 bits per heavy atom. The van der Waals surface area contributed by atoms with Crippen molar-refractivity contribution in [1.29, 1.82) is 0 Å². The van der Waals surface area contributed by atoms with E-state index in [1.54, 1.807) is 12.3 Å². The fraction of sp³-hybridized carbons (Fsp3) is 0. The normalized spacial score (nSPS) is 9.85. The van der Waals surface area contributed by atoms with Crippen LogP contribution >= 0.6 is 0 Å². The number of hydrogen-bond donors (Lipinski definition) is 1. The molecule has 1 heterocycles. The molecule has 0 saturated carbocycles. The molecular weight excluding hydrogens is 160 g/mol. The molecule has 0 aliphatic heterocycles. The molecule has 2 rings (SSSR count). The summed E-state index contributed by atoms with van der Waals surface area (Å²) in [5.74, 6) is 0. The molecule has 63 valence electrons. The summed E-state index contributed by atoms with van der Waals surface area (Å²) in [6, 6.07) is 14.3. The molecule has 0 atom stereocenters. The van der Waals surface area contributed by atoms with Crippen LogP contribution in [0.4, 0.5) is 5.69 Å². The first-order chi connectivity index (χ1) is 6.36. The Morgan fingerprint density at radius 1 is 1.23 bits per heavy atom. The summed E-state index contributed by atoms with van der Waals surface area (Å²) >= 11 is 0. The SMILES string of the molecule is Nc1[c]ccc(-c2ccccn2)c1. The van der Waals surface area contributed by atoms with Crippen molar-refractivity contribution in [2.45, 2.75) is 0 Å². The fourth-order valence-corrected chi connectivity index (χ4v) is 1.18. The van der Waals surface area contributed by atoms with Crippen molar-refractivity contribution in [3.63, 3.8) is 0 Å². The zero-order chi connectivity index (χ0) is 9.10. The molecule has 0 saturated heterocycles. The summed E-state index contributed by atoms with van der Waals surface area (Å²) in [7, 11) is 0. The van der Waals surface area contributed by atoms with Gasteiger partial charge >= 0.3 is 0 Å². The standard InChI is InChI=1S/C11H9N2/c12-10-5-3-4-9(8-10)11-6-1-2-7-13-11/h1-4,6-8H,12H2. The molecule has 0 fully saturated rings. The molecule has 2 nitrogen and oxygen atoms in total. The molecule has 0 spiro atoms. The maximum Gasteiger partial charge on any atom is 0.0702 e. The Kier molecular flexibility index (Phi) is 1.96. The number of nitrogens with zero attached hydrogens (tertiary/aromatic N) is 1. The molecule has 1 aromatic heterocycles. The minimum atomic E-state index is 0.642. The second-order valence-electron chi connectivity index (χ2n) is 2.75. The Labute approximate surface area is 77.0 Å². The second kappa shape index (κ2) is 3.27. The second-order valence-corrected chi connectivity index (χ2v) is 2.75. The Hall–Kier alpha value is -1.83. The van der Waals surface area contributed by atoms with Crippen LogP contribution < -0.4 is 5.73 Å². The van der Waals surface area contributed by atoms with Crippen LogP contribution in [0.2, 0.25) is 0 Å². The van der Waals surface area contributed by atoms with E-state index in [0.717, 1.165) is 11.3 Å². The minimum Gasteiger partial charge on any atom is -0.398 e. The minimum absolute atomic E-state index is 0.642. The summed E-state index contributed by atoms with van der Waals surface area (Å²) < 4.78 is 0. The third-order valence-electron chi connectivity index (χ3n) is 1.78. The van der Waals surface area contributed by atoms with Gasteiger partial charge in [-0.1, -0.05) is 18.2 Å². The first-order valence-electron chi connectivity index (χ1n) is 4.05. The highest BCUT2D eigenvalue weighted by Gasteiger charge is 1.96.